The number of nitrogens with zero attached hydrogens (tertiary/aromatic N) is 1. The predicted octanol–water partition coefficient (Wildman–Crippen LogP) is 2.14. The summed E-state index contributed by atoms with van der Waals surface area (Å²) in [6.45, 7) is 4.34. The lowest BCUT2D eigenvalue weighted by molar-refractivity contribution is 0.592. The van der Waals surface area contributed by atoms with Gasteiger partial charge in [0.25, 0.3) is 10.0 Å². The van der Waals surface area contributed by atoms with Crippen molar-refractivity contribution in [2.24, 2.45) is 10.7 Å². The molecule has 0 radical (unpaired) electrons. The van der Waals surface area contributed by atoms with Gasteiger partial charge in [0.05, 0.1) is 4.90 Å². The Bertz CT molecular complexity index is 797. The number of rotatable bonds is 5. The van der Waals surface area contributed by atoms with Crippen molar-refractivity contribution in [3.8, 4) is 0 Å². The number of aryl methyl sites for hydroxylation is 2. The Morgan fingerprint density at radius 1 is 1.09 bits per heavy atom. The summed E-state index contributed by atoms with van der Waals surface area (Å²) in [6.07, 6.45) is 0.703. The van der Waals surface area contributed by atoms with E-state index in [9.17, 15) is 8.42 Å². The summed E-state index contributed by atoms with van der Waals surface area (Å²) in [5.41, 5.74) is 8.99. The topological polar surface area (TPSA) is 84.5 Å². The number of nitrogens with one attached hydrogen (secondary N) is 1. The highest BCUT2D eigenvalue weighted by molar-refractivity contribution is 7.90. The zero-order valence-electron chi connectivity index (χ0n) is 13.3. The van der Waals surface area contributed by atoms with Crippen molar-refractivity contribution in [1.29, 1.82) is 0 Å². The van der Waals surface area contributed by atoms with Crippen LogP contribution in [0, 0.1) is 13.8 Å². The summed E-state index contributed by atoms with van der Waals surface area (Å²) in [5, 5.41) is 0. The minimum absolute atomic E-state index is 0.0989. The molecular formula is C17H21N3O2S. The van der Waals surface area contributed by atoms with Gasteiger partial charge in [0, 0.05) is 6.54 Å². The van der Waals surface area contributed by atoms with Gasteiger partial charge in [0.2, 0.25) is 5.96 Å². The van der Waals surface area contributed by atoms with Crippen LogP contribution < -0.4 is 10.5 Å². The lowest BCUT2D eigenvalue weighted by Crippen LogP contribution is -2.37. The highest BCUT2D eigenvalue weighted by atomic mass is 32.2. The Morgan fingerprint density at radius 2 is 1.78 bits per heavy atom. The standard InChI is InChI=1S/C17H21N3O2S/c1-13-6-8-16(9-7-13)23(21,22)20-17(18)19-11-10-15-5-3-4-14(2)12-15/h3-9,12H,10-11H2,1-2H3,(H3,18,19,20). The average Bonchev–Trinajstić information content (AvgIpc) is 2.47. The normalized spacial score (nSPS) is 12.2. The van der Waals surface area contributed by atoms with Gasteiger partial charge in [-0.1, -0.05) is 47.5 Å². The van der Waals surface area contributed by atoms with E-state index in [1.54, 1.807) is 12.1 Å². The molecule has 6 heteroatoms. The third-order valence-corrected chi connectivity index (χ3v) is 4.71. The Labute approximate surface area is 137 Å². The van der Waals surface area contributed by atoms with E-state index in [1.165, 1.54) is 17.7 Å². The zero-order valence-corrected chi connectivity index (χ0v) is 14.1. The van der Waals surface area contributed by atoms with Gasteiger partial charge in [-0.3, -0.25) is 4.99 Å². The summed E-state index contributed by atoms with van der Waals surface area (Å²) in [7, 11) is -3.68. The van der Waals surface area contributed by atoms with Crippen LogP contribution in [0.4, 0.5) is 0 Å². The van der Waals surface area contributed by atoms with Gasteiger partial charge in [0.1, 0.15) is 0 Å². The maximum atomic E-state index is 12.2. The lowest BCUT2D eigenvalue weighted by Gasteiger charge is -2.07. The maximum absolute atomic E-state index is 12.2. The fourth-order valence-corrected chi connectivity index (χ4v) is 3.07. The fraction of sp³-hybridized carbons (Fsp3) is 0.235. The van der Waals surface area contributed by atoms with E-state index in [4.69, 9.17) is 5.73 Å². The van der Waals surface area contributed by atoms with Gasteiger partial charge in [-0.2, -0.15) is 0 Å². The second-order valence-corrected chi connectivity index (χ2v) is 7.11. The van der Waals surface area contributed by atoms with Crippen LogP contribution in [0.2, 0.25) is 0 Å². The first-order chi connectivity index (χ1) is 10.9. The van der Waals surface area contributed by atoms with E-state index in [0.29, 0.717) is 13.0 Å². The maximum Gasteiger partial charge on any atom is 0.264 e. The number of hydrogen-bond acceptors (Lipinski definition) is 3. The highest BCUT2D eigenvalue weighted by Crippen LogP contribution is 2.09. The van der Waals surface area contributed by atoms with Crippen molar-refractivity contribution in [3.05, 3.63) is 65.2 Å². The molecule has 23 heavy (non-hydrogen) atoms. The molecule has 2 rings (SSSR count). The van der Waals surface area contributed by atoms with Crippen LogP contribution in [0.5, 0.6) is 0 Å². The third kappa shape index (κ3) is 5.10. The highest BCUT2D eigenvalue weighted by Gasteiger charge is 2.14. The second kappa shape index (κ2) is 7.28. The summed E-state index contributed by atoms with van der Waals surface area (Å²) in [5.74, 6) is -0.0989. The van der Waals surface area contributed by atoms with Crippen molar-refractivity contribution >= 4 is 16.0 Å². The SMILES string of the molecule is Cc1ccc(S(=O)(=O)NC(N)=NCCc2cccc(C)c2)cc1. The molecule has 0 unspecified atom stereocenters. The molecule has 5 nitrogen and oxygen atoms in total. The summed E-state index contributed by atoms with van der Waals surface area (Å²) in [6, 6.07) is 14.6. The van der Waals surface area contributed by atoms with Gasteiger partial charge >= 0.3 is 0 Å². The first kappa shape index (κ1) is 17.0. The number of sulfonamides is 1. The second-order valence-electron chi connectivity index (χ2n) is 5.42. The molecular weight excluding hydrogens is 310 g/mol. The summed E-state index contributed by atoms with van der Waals surface area (Å²) < 4.78 is 26.6. The number of benzene rings is 2. The molecule has 2 aromatic rings. The van der Waals surface area contributed by atoms with Crippen LogP contribution in [0.1, 0.15) is 16.7 Å². The van der Waals surface area contributed by atoms with Crippen molar-refractivity contribution in [2.45, 2.75) is 25.2 Å². The van der Waals surface area contributed by atoms with Crippen molar-refractivity contribution in [1.82, 2.24) is 4.72 Å². The van der Waals surface area contributed by atoms with E-state index in [-0.39, 0.29) is 10.9 Å². The summed E-state index contributed by atoms with van der Waals surface area (Å²) >= 11 is 0. The van der Waals surface area contributed by atoms with Crippen LogP contribution in [-0.4, -0.2) is 20.9 Å². The Morgan fingerprint density at radius 3 is 2.43 bits per heavy atom. The number of guanidine groups is 1. The lowest BCUT2D eigenvalue weighted by atomic mass is 10.1. The molecule has 0 amide bonds. The number of aliphatic imine (C=N–C) groups is 1. The third-order valence-electron chi connectivity index (χ3n) is 3.34. The van der Waals surface area contributed by atoms with Gasteiger partial charge in [-0.05, 0) is 38.0 Å². The minimum Gasteiger partial charge on any atom is -0.369 e. The quantitative estimate of drug-likeness (QED) is 0.650. The molecule has 0 bridgehead atoms. The molecule has 0 saturated heterocycles. The van der Waals surface area contributed by atoms with E-state index in [1.807, 2.05) is 32.0 Å². The van der Waals surface area contributed by atoms with Crippen molar-refractivity contribution in [2.75, 3.05) is 6.54 Å². The predicted molar refractivity (Wildman–Crippen MR) is 92.9 cm³/mol. The number of hydrogen-bond donors (Lipinski definition) is 2. The van der Waals surface area contributed by atoms with E-state index in [0.717, 1.165) is 11.1 Å². The molecule has 0 fully saturated rings. The molecule has 122 valence electrons. The average molecular weight is 331 g/mol. The van der Waals surface area contributed by atoms with E-state index >= 15 is 0 Å². The zero-order chi connectivity index (χ0) is 16.9. The fourth-order valence-electron chi connectivity index (χ4n) is 2.12. The molecule has 0 aliphatic rings. The molecule has 0 saturated carbocycles. The monoisotopic (exact) mass is 331 g/mol. The van der Waals surface area contributed by atoms with Gasteiger partial charge < -0.3 is 5.73 Å². The Kier molecular flexibility index (Phi) is 5.39. The molecule has 3 N–H and O–H groups in total. The van der Waals surface area contributed by atoms with Gasteiger partial charge in [-0.25, -0.2) is 13.1 Å². The number of nitrogens with two attached hydrogens (primary N) is 1. The molecule has 0 atom stereocenters. The molecule has 0 spiro atoms. The summed E-state index contributed by atoms with van der Waals surface area (Å²) in [4.78, 5) is 4.25. The first-order valence-corrected chi connectivity index (χ1v) is 8.80. The van der Waals surface area contributed by atoms with Crippen molar-refractivity contribution in [3.63, 3.8) is 0 Å². The first-order valence-electron chi connectivity index (χ1n) is 7.32. The molecule has 0 aliphatic heterocycles. The molecule has 0 aliphatic carbocycles. The smallest absolute Gasteiger partial charge is 0.264 e. The Balaban J connectivity index is 1.97. The van der Waals surface area contributed by atoms with E-state index in [2.05, 4.69) is 15.8 Å². The molecule has 0 aromatic heterocycles. The van der Waals surface area contributed by atoms with Gasteiger partial charge in [0.15, 0.2) is 0 Å². The Hall–Kier alpha value is -2.34. The van der Waals surface area contributed by atoms with Gasteiger partial charge in [-0.15, -0.1) is 0 Å². The van der Waals surface area contributed by atoms with Crippen LogP contribution in [0.15, 0.2) is 58.4 Å². The molecule has 0 heterocycles. The van der Waals surface area contributed by atoms with Crippen LogP contribution in [-0.2, 0) is 16.4 Å². The van der Waals surface area contributed by atoms with Crippen molar-refractivity contribution < 1.29 is 8.42 Å². The van der Waals surface area contributed by atoms with Crippen LogP contribution in [0.3, 0.4) is 0 Å². The van der Waals surface area contributed by atoms with Crippen LogP contribution in [0.25, 0.3) is 0 Å². The van der Waals surface area contributed by atoms with E-state index < -0.39 is 10.0 Å². The molecule has 2 aromatic carbocycles. The largest absolute Gasteiger partial charge is 0.369 e. The van der Waals surface area contributed by atoms with Crippen LogP contribution >= 0.6 is 0 Å². The minimum atomic E-state index is -3.68.